The zero-order valence-corrected chi connectivity index (χ0v) is 16.6. The van der Waals surface area contributed by atoms with Gasteiger partial charge in [-0.1, -0.05) is 0 Å². The Bertz CT molecular complexity index is 828. The molecule has 1 N–H and O–H groups in total. The number of amides is 1. The second-order valence-electron chi connectivity index (χ2n) is 6.52. The minimum Gasteiger partial charge on any atom is -0.465 e. The Kier molecular flexibility index (Phi) is 6.13. The van der Waals surface area contributed by atoms with Gasteiger partial charge in [0.25, 0.3) is 5.91 Å². The maximum Gasteiger partial charge on any atom is 0.348 e. The third kappa shape index (κ3) is 3.85. The highest BCUT2D eigenvalue weighted by molar-refractivity contribution is 7.15. The number of rotatable bonds is 3. The van der Waals surface area contributed by atoms with Crippen molar-refractivity contribution >= 4 is 35.6 Å². The lowest BCUT2D eigenvalue weighted by atomic mass is 9.95. The molecule has 0 aromatic carbocycles. The van der Waals surface area contributed by atoms with E-state index in [-0.39, 0.29) is 18.3 Å². The van der Waals surface area contributed by atoms with Crippen molar-refractivity contribution in [1.82, 2.24) is 25.0 Å². The Hall–Kier alpha value is -1.97. The highest BCUT2D eigenvalue weighted by atomic mass is 35.5. The van der Waals surface area contributed by atoms with Crippen molar-refractivity contribution in [3.8, 4) is 0 Å². The highest BCUT2D eigenvalue weighted by Gasteiger charge is 2.29. The third-order valence-electron chi connectivity index (χ3n) is 5.00. The maximum absolute atomic E-state index is 12.7. The van der Waals surface area contributed by atoms with Crippen LogP contribution in [0.2, 0.25) is 0 Å². The number of hydrogen-bond acceptors (Lipinski definition) is 7. The minimum absolute atomic E-state index is 0. The molecule has 4 heterocycles. The van der Waals surface area contributed by atoms with Gasteiger partial charge >= 0.3 is 5.97 Å². The average molecular weight is 412 g/mol. The number of methoxy groups -OCH3 is 1. The fourth-order valence-electron chi connectivity index (χ4n) is 3.58. The number of hydrogen-bond donors (Lipinski definition) is 1. The fourth-order valence-corrected chi connectivity index (χ4v) is 4.47. The molecule has 0 saturated carbocycles. The first-order chi connectivity index (χ1) is 12.7. The lowest BCUT2D eigenvalue weighted by Gasteiger charge is -2.31. The van der Waals surface area contributed by atoms with Crippen LogP contribution in [-0.2, 0) is 17.8 Å². The summed E-state index contributed by atoms with van der Waals surface area (Å²) in [4.78, 5) is 27.1. The zero-order chi connectivity index (χ0) is 18.1. The summed E-state index contributed by atoms with van der Waals surface area (Å²) in [5.41, 5.74) is 0. The maximum atomic E-state index is 12.7. The minimum atomic E-state index is -0.404. The quantitative estimate of drug-likeness (QED) is 0.773. The third-order valence-corrected chi connectivity index (χ3v) is 6.06. The van der Waals surface area contributed by atoms with E-state index >= 15 is 0 Å². The summed E-state index contributed by atoms with van der Waals surface area (Å²) in [5.74, 6) is 1.97. The molecule has 0 aliphatic carbocycles. The molecule has 1 amide bonds. The second-order valence-corrected chi connectivity index (χ2v) is 7.61. The topological polar surface area (TPSA) is 89.4 Å². The molecule has 146 valence electrons. The summed E-state index contributed by atoms with van der Waals surface area (Å²) < 4.78 is 6.93. The van der Waals surface area contributed by atoms with Gasteiger partial charge in [-0.15, -0.1) is 33.9 Å². The van der Waals surface area contributed by atoms with E-state index in [0.717, 1.165) is 44.1 Å². The molecule has 2 aromatic rings. The van der Waals surface area contributed by atoms with Gasteiger partial charge in [0.1, 0.15) is 16.5 Å². The van der Waals surface area contributed by atoms with Gasteiger partial charge in [-0.3, -0.25) is 4.79 Å². The summed E-state index contributed by atoms with van der Waals surface area (Å²) in [5, 5.41) is 12.0. The molecule has 0 radical (unpaired) electrons. The average Bonchev–Trinajstić information content (AvgIpc) is 3.34. The van der Waals surface area contributed by atoms with Crippen molar-refractivity contribution in [2.24, 2.45) is 0 Å². The molecule has 10 heteroatoms. The number of esters is 1. The van der Waals surface area contributed by atoms with Crippen molar-refractivity contribution in [3.63, 3.8) is 0 Å². The number of ether oxygens (including phenoxy) is 1. The lowest BCUT2D eigenvalue weighted by Crippen LogP contribution is -2.38. The molecule has 0 spiro atoms. The normalized spacial score (nSPS) is 17.1. The number of nitrogens with zero attached hydrogens (tertiary/aromatic N) is 4. The number of nitrogens with one attached hydrogen (secondary N) is 1. The van der Waals surface area contributed by atoms with Gasteiger partial charge in [0, 0.05) is 32.1 Å². The standard InChI is InChI=1S/C17H21N5O3S.ClH/c1-25-17(24)13-3-2-12(26-13)16(23)21-7-4-11(5-8-21)15-20-19-14-10-18-6-9-22(14)15;/h2-3,11,18H,4-10H2,1H3;1H. The Labute approximate surface area is 167 Å². The number of carbonyl (C=O) groups excluding carboxylic acids is 2. The number of thiophene rings is 1. The number of carbonyl (C=O) groups is 2. The Morgan fingerprint density at radius 2 is 1.93 bits per heavy atom. The number of halogens is 1. The van der Waals surface area contributed by atoms with Crippen LogP contribution >= 0.6 is 23.7 Å². The highest BCUT2D eigenvalue weighted by Crippen LogP contribution is 2.29. The first-order valence-electron chi connectivity index (χ1n) is 8.77. The van der Waals surface area contributed by atoms with E-state index in [2.05, 4.69) is 20.1 Å². The van der Waals surface area contributed by atoms with Crippen molar-refractivity contribution in [1.29, 1.82) is 0 Å². The molecule has 2 aliphatic heterocycles. The monoisotopic (exact) mass is 411 g/mol. The summed E-state index contributed by atoms with van der Waals surface area (Å²) in [7, 11) is 1.34. The summed E-state index contributed by atoms with van der Waals surface area (Å²) in [6.45, 7) is 3.99. The molecule has 0 atom stereocenters. The van der Waals surface area contributed by atoms with Gasteiger partial charge in [-0.25, -0.2) is 4.79 Å². The SMILES string of the molecule is COC(=O)c1ccc(C(=O)N2CCC(c3nnc4n3CCNC4)CC2)s1.Cl. The smallest absolute Gasteiger partial charge is 0.348 e. The molecule has 0 unspecified atom stereocenters. The molecule has 4 rings (SSSR count). The van der Waals surface area contributed by atoms with Crippen molar-refractivity contribution in [3.05, 3.63) is 33.5 Å². The lowest BCUT2D eigenvalue weighted by molar-refractivity contribution is 0.0606. The van der Waals surface area contributed by atoms with E-state index in [1.54, 1.807) is 12.1 Å². The van der Waals surface area contributed by atoms with Gasteiger partial charge < -0.3 is 19.5 Å². The fraction of sp³-hybridized carbons (Fsp3) is 0.529. The molecule has 27 heavy (non-hydrogen) atoms. The van der Waals surface area contributed by atoms with Gasteiger partial charge in [-0.05, 0) is 25.0 Å². The second kappa shape index (κ2) is 8.37. The Morgan fingerprint density at radius 3 is 2.67 bits per heavy atom. The van der Waals surface area contributed by atoms with Crippen LogP contribution < -0.4 is 5.32 Å². The van der Waals surface area contributed by atoms with Crippen molar-refractivity contribution in [2.75, 3.05) is 26.7 Å². The summed E-state index contributed by atoms with van der Waals surface area (Å²) >= 11 is 1.19. The van der Waals surface area contributed by atoms with Gasteiger partial charge in [0.15, 0.2) is 0 Å². The molecule has 1 fully saturated rings. The van der Waals surface area contributed by atoms with E-state index in [0.29, 0.717) is 28.8 Å². The molecule has 8 nitrogen and oxygen atoms in total. The first-order valence-corrected chi connectivity index (χ1v) is 9.59. The molecule has 0 bridgehead atoms. The van der Waals surface area contributed by atoms with Gasteiger partial charge in [0.2, 0.25) is 0 Å². The Balaban J connectivity index is 0.00000210. The van der Waals surface area contributed by atoms with Crippen LogP contribution in [0.5, 0.6) is 0 Å². The zero-order valence-electron chi connectivity index (χ0n) is 15.0. The molecule has 2 aromatic heterocycles. The predicted octanol–water partition coefficient (Wildman–Crippen LogP) is 1.67. The van der Waals surface area contributed by atoms with E-state index in [4.69, 9.17) is 4.74 Å². The van der Waals surface area contributed by atoms with E-state index < -0.39 is 5.97 Å². The molecular weight excluding hydrogens is 390 g/mol. The predicted molar refractivity (Wildman–Crippen MR) is 103 cm³/mol. The number of fused-ring (bicyclic) bond motifs is 1. The van der Waals surface area contributed by atoms with Crippen molar-refractivity contribution in [2.45, 2.75) is 31.8 Å². The van der Waals surface area contributed by atoms with Gasteiger partial charge in [-0.2, -0.15) is 0 Å². The summed E-state index contributed by atoms with van der Waals surface area (Å²) in [6, 6.07) is 3.35. The molecule has 2 aliphatic rings. The van der Waals surface area contributed by atoms with Crippen LogP contribution in [0.25, 0.3) is 0 Å². The van der Waals surface area contributed by atoms with Crippen LogP contribution in [0.4, 0.5) is 0 Å². The van der Waals surface area contributed by atoms with Crippen LogP contribution in [-0.4, -0.2) is 58.3 Å². The van der Waals surface area contributed by atoms with Crippen LogP contribution in [0.15, 0.2) is 12.1 Å². The molecule has 1 saturated heterocycles. The van der Waals surface area contributed by atoms with E-state index in [9.17, 15) is 9.59 Å². The largest absolute Gasteiger partial charge is 0.465 e. The van der Waals surface area contributed by atoms with E-state index in [1.807, 2.05) is 4.90 Å². The van der Waals surface area contributed by atoms with Crippen molar-refractivity contribution < 1.29 is 14.3 Å². The summed E-state index contributed by atoms with van der Waals surface area (Å²) in [6.07, 6.45) is 1.76. The number of piperidine rings is 1. The Morgan fingerprint density at radius 1 is 1.19 bits per heavy atom. The molecular formula is C17H22ClN5O3S. The number of likely N-dealkylation sites (tertiary alicyclic amines) is 1. The van der Waals surface area contributed by atoms with Crippen LogP contribution in [0.1, 0.15) is 49.8 Å². The van der Waals surface area contributed by atoms with E-state index in [1.165, 1.54) is 18.4 Å². The number of aromatic nitrogens is 3. The van der Waals surface area contributed by atoms with Gasteiger partial charge in [0.05, 0.1) is 18.5 Å². The van der Waals surface area contributed by atoms with Crippen LogP contribution in [0.3, 0.4) is 0 Å². The first kappa shape index (κ1) is 19.8. The van der Waals surface area contributed by atoms with Crippen LogP contribution in [0, 0.1) is 0 Å².